The maximum atomic E-state index is 12.9. The van der Waals surface area contributed by atoms with Crippen molar-refractivity contribution in [2.24, 2.45) is 0 Å². The van der Waals surface area contributed by atoms with Gasteiger partial charge in [0.15, 0.2) is 0 Å². The summed E-state index contributed by atoms with van der Waals surface area (Å²) in [5.41, 5.74) is 2.92. The van der Waals surface area contributed by atoms with E-state index in [1.807, 2.05) is 66.7 Å². The first kappa shape index (κ1) is 25.1. The lowest BCUT2D eigenvalue weighted by molar-refractivity contribution is -0.122. The molecule has 6 nitrogen and oxygen atoms in total. The van der Waals surface area contributed by atoms with Crippen LogP contribution >= 0.6 is 0 Å². The standard InChI is InChI=1S/C31H36N4O2/c32-21-23-12-14-26(15-13-23)35-20-6-9-25(22-35)33-28-10-4-5-11-29(28)34-31(36)19-17-27-16-18-30(37-27)24-7-2-1-3-8-24/h1-3,7-8,12-16,18,25,28-29,33H,4-6,9-11,17,19-20,22H2,(H,34,36)/t25-,28+,29+/m0/s1. The predicted molar refractivity (Wildman–Crippen MR) is 146 cm³/mol. The van der Waals surface area contributed by atoms with E-state index in [0.717, 1.165) is 62.3 Å². The highest BCUT2D eigenvalue weighted by Gasteiger charge is 2.30. The number of amides is 1. The van der Waals surface area contributed by atoms with Crippen LogP contribution in [-0.4, -0.2) is 37.1 Å². The molecule has 2 aliphatic rings. The minimum Gasteiger partial charge on any atom is -0.461 e. The number of rotatable bonds is 8. The molecule has 0 spiro atoms. The number of nitriles is 1. The van der Waals surface area contributed by atoms with Crippen molar-refractivity contribution < 1.29 is 9.21 Å². The Labute approximate surface area is 219 Å². The SMILES string of the molecule is N#Cc1ccc(N2CCC[C@H](N[C@@H]3CCCC[C@H]3NC(=O)CCc3ccc(-c4ccccc4)o3)C2)cc1. The maximum Gasteiger partial charge on any atom is 0.220 e. The van der Waals surface area contributed by atoms with Gasteiger partial charge in [0.2, 0.25) is 5.91 Å². The van der Waals surface area contributed by atoms with Crippen molar-refractivity contribution in [2.45, 2.75) is 69.5 Å². The summed E-state index contributed by atoms with van der Waals surface area (Å²) in [6.07, 6.45) is 7.79. The summed E-state index contributed by atoms with van der Waals surface area (Å²) in [6, 6.07) is 24.9. The largest absolute Gasteiger partial charge is 0.461 e. The number of nitrogens with zero attached hydrogens (tertiary/aromatic N) is 2. The van der Waals surface area contributed by atoms with Gasteiger partial charge in [0.05, 0.1) is 11.6 Å². The minimum atomic E-state index is 0.0965. The molecule has 192 valence electrons. The van der Waals surface area contributed by atoms with E-state index in [9.17, 15) is 4.79 Å². The first-order valence-electron chi connectivity index (χ1n) is 13.6. The van der Waals surface area contributed by atoms with Crippen LogP contribution in [0.5, 0.6) is 0 Å². The summed E-state index contributed by atoms with van der Waals surface area (Å²) in [6.45, 7) is 1.99. The van der Waals surface area contributed by atoms with Gasteiger partial charge in [-0.2, -0.15) is 5.26 Å². The zero-order valence-corrected chi connectivity index (χ0v) is 21.4. The Balaban J connectivity index is 1.12. The van der Waals surface area contributed by atoms with Crippen LogP contribution in [0.4, 0.5) is 5.69 Å². The van der Waals surface area contributed by atoms with Crippen molar-refractivity contribution in [3.05, 3.63) is 78.1 Å². The minimum absolute atomic E-state index is 0.0965. The van der Waals surface area contributed by atoms with Crippen LogP contribution in [0.2, 0.25) is 0 Å². The highest BCUT2D eigenvalue weighted by molar-refractivity contribution is 5.76. The van der Waals surface area contributed by atoms with Crippen LogP contribution in [0.1, 0.15) is 56.3 Å². The van der Waals surface area contributed by atoms with Gasteiger partial charge >= 0.3 is 0 Å². The first-order chi connectivity index (χ1) is 18.2. The zero-order valence-electron chi connectivity index (χ0n) is 21.4. The number of benzene rings is 2. The monoisotopic (exact) mass is 496 g/mol. The number of hydrogen-bond donors (Lipinski definition) is 2. The number of nitrogens with one attached hydrogen (secondary N) is 2. The van der Waals surface area contributed by atoms with E-state index < -0.39 is 0 Å². The lowest BCUT2D eigenvalue weighted by Gasteiger charge is -2.40. The number of carbonyl (C=O) groups is 1. The molecule has 37 heavy (non-hydrogen) atoms. The molecule has 1 amide bonds. The molecule has 2 heterocycles. The number of anilines is 1. The predicted octanol–water partition coefficient (Wildman–Crippen LogP) is 5.44. The normalized spacial score (nSPS) is 21.8. The van der Waals surface area contributed by atoms with Crippen LogP contribution in [0, 0.1) is 11.3 Å². The second-order valence-electron chi connectivity index (χ2n) is 10.3. The van der Waals surface area contributed by atoms with Crippen molar-refractivity contribution in [1.82, 2.24) is 10.6 Å². The fourth-order valence-corrected chi connectivity index (χ4v) is 5.69. The van der Waals surface area contributed by atoms with Crippen LogP contribution in [0.15, 0.2) is 71.1 Å². The quantitative estimate of drug-likeness (QED) is 0.434. The number of hydrogen-bond acceptors (Lipinski definition) is 5. The molecule has 0 unspecified atom stereocenters. The van der Waals surface area contributed by atoms with E-state index in [4.69, 9.17) is 9.68 Å². The van der Waals surface area contributed by atoms with Gasteiger partial charge in [0.25, 0.3) is 0 Å². The number of aryl methyl sites for hydroxylation is 1. The topological polar surface area (TPSA) is 81.3 Å². The van der Waals surface area contributed by atoms with E-state index in [2.05, 4.69) is 21.6 Å². The zero-order chi connectivity index (χ0) is 25.5. The van der Waals surface area contributed by atoms with Crippen LogP contribution in [-0.2, 0) is 11.2 Å². The second kappa shape index (κ2) is 12.1. The molecular formula is C31H36N4O2. The van der Waals surface area contributed by atoms with Gasteiger partial charge in [-0.1, -0.05) is 43.2 Å². The Morgan fingerprint density at radius 1 is 0.946 bits per heavy atom. The van der Waals surface area contributed by atoms with Crippen molar-refractivity contribution in [3.63, 3.8) is 0 Å². The van der Waals surface area contributed by atoms with Gasteiger partial charge in [-0.05, 0) is 62.1 Å². The van der Waals surface area contributed by atoms with Gasteiger partial charge in [0, 0.05) is 55.3 Å². The number of piperidine rings is 1. The van der Waals surface area contributed by atoms with Gasteiger partial charge < -0.3 is 20.0 Å². The third-order valence-corrected chi connectivity index (χ3v) is 7.66. The smallest absolute Gasteiger partial charge is 0.220 e. The molecule has 5 rings (SSSR count). The van der Waals surface area contributed by atoms with Crippen LogP contribution in [0.3, 0.4) is 0 Å². The summed E-state index contributed by atoms with van der Waals surface area (Å²) in [5, 5.41) is 16.3. The molecular weight excluding hydrogens is 460 g/mol. The molecule has 1 aromatic heterocycles. The molecule has 3 atom stereocenters. The fraction of sp³-hybridized carbons (Fsp3) is 0.419. The van der Waals surface area contributed by atoms with Crippen LogP contribution < -0.4 is 15.5 Å². The molecule has 2 N–H and O–H groups in total. The van der Waals surface area contributed by atoms with E-state index in [1.165, 1.54) is 12.1 Å². The molecule has 0 bridgehead atoms. The third kappa shape index (κ3) is 6.61. The fourth-order valence-electron chi connectivity index (χ4n) is 5.69. The van der Waals surface area contributed by atoms with Gasteiger partial charge in [-0.25, -0.2) is 0 Å². The Morgan fingerprint density at radius 2 is 1.73 bits per heavy atom. The highest BCUT2D eigenvalue weighted by atomic mass is 16.3. The molecule has 2 fully saturated rings. The molecule has 1 saturated heterocycles. The highest BCUT2D eigenvalue weighted by Crippen LogP contribution is 2.25. The van der Waals surface area contributed by atoms with E-state index in [0.29, 0.717) is 30.5 Å². The Bertz CT molecular complexity index is 1200. The van der Waals surface area contributed by atoms with Crippen molar-refractivity contribution in [3.8, 4) is 17.4 Å². The summed E-state index contributed by atoms with van der Waals surface area (Å²) in [5.74, 6) is 1.78. The maximum absolute atomic E-state index is 12.9. The van der Waals surface area contributed by atoms with E-state index in [1.54, 1.807) is 0 Å². The molecule has 2 aromatic carbocycles. The van der Waals surface area contributed by atoms with Crippen molar-refractivity contribution in [1.29, 1.82) is 5.26 Å². The summed E-state index contributed by atoms with van der Waals surface area (Å²) >= 11 is 0. The van der Waals surface area contributed by atoms with Crippen molar-refractivity contribution >= 4 is 11.6 Å². The number of carbonyl (C=O) groups excluding carboxylic acids is 1. The van der Waals surface area contributed by atoms with E-state index in [-0.39, 0.29) is 11.9 Å². The second-order valence-corrected chi connectivity index (χ2v) is 10.3. The van der Waals surface area contributed by atoms with E-state index >= 15 is 0 Å². The van der Waals surface area contributed by atoms with Gasteiger partial charge in [-0.15, -0.1) is 0 Å². The Morgan fingerprint density at radius 3 is 2.51 bits per heavy atom. The molecule has 1 aliphatic carbocycles. The molecule has 6 heteroatoms. The first-order valence-corrected chi connectivity index (χ1v) is 13.6. The molecule has 0 radical (unpaired) electrons. The lowest BCUT2D eigenvalue weighted by Crippen LogP contribution is -2.57. The average molecular weight is 497 g/mol. The molecule has 3 aromatic rings. The van der Waals surface area contributed by atoms with Crippen molar-refractivity contribution in [2.75, 3.05) is 18.0 Å². The summed E-state index contributed by atoms with van der Waals surface area (Å²) in [4.78, 5) is 15.3. The summed E-state index contributed by atoms with van der Waals surface area (Å²) in [7, 11) is 0. The van der Waals surface area contributed by atoms with Gasteiger partial charge in [0.1, 0.15) is 11.5 Å². The van der Waals surface area contributed by atoms with Crippen LogP contribution in [0.25, 0.3) is 11.3 Å². The van der Waals surface area contributed by atoms with Gasteiger partial charge in [-0.3, -0.25) is 4.79 Å². The lowest BCUT2D eigenvalue weighted by atomic mass is 9.88. The third-order valence-electron chi connectivity index (χ3n) is 7.66. The molecule has 1 aliphatic heterocycles. The number of furan rings is 1. The molecule has 1 saturated carbocycles. The Hall–Kier alpha value is -3.56. The average Bonchev–Trinajstić information content (AvgIpc) is 3.43. The summed E-state index contributed by atoms with van der Waals surface area (Å²) < 4.78 is 5.98. The Kier molecular flexibility index (Phi) is 8.22.